The van der Waals surface area contributed by atoms with E-state index in [9.17, 15) is 8.78 Å². The Labute approximate surface area is 156 Å². The standard InChI is InChI=1S/C21H33F2N3/c1-13-10-25-16(4)26(12-13)19-9-14(2)20(22)21(23)18(19)8-7-17-6-5-15(3)24-11-17/h9,13,15-17,24-25H,5-8,10-12H2,1-4H3. The van der Waals surface area contributed by atoms with Crippen LogP contribution in [0.5, 0.6) is 0 Å². The molecule has 2 fully saturated rings. The number of rotatable bonds is 4. The molecular formula is C21H33F2N3. The van der Waals surface area contributed by atoms with Gasteiger partial charge in [-0.2, -0.15) is 0 Å². The van der Waals surface area contributed by atoms with E-state index in [2.05, 4.69) is 36.3 Å². The number of halogens is 2. The summed E-state index contributed by atoms with van der Waals surface area (Å²) in [7, 11) is 0. The minimum absolute atomic E-state index is 0.131. The Bertz CT molecular complexity index is 626. The molecule has 2 heterocycles. The predicted octanol–water partition coefficient (Wildman–Crippen LogP) is 3.99. The van der Waals surface area contributed by atoms with E-state index in [0.717, 1.165) is 44.6 Å². The molecule has 0 amide bonds. The Balaban J connectivity index is 1.84. The molecule has 0 aliphatic carbocycles. The molecule has 2 aliphatic rings. The predicted molar refractivity (Wildman–Crippen MR) is 104 cm³/mol. The third kappa shape index (κ3) is 4.20. The molecule has 0 saturated carbocycles. The first-order valence-electron chi connectivity index (χ1n) is 10.1. The Kier molecular flexibility index (Phi) is 6.18. The highest BCUT2D eigenvalue weighted by Gasteiger charge is 2.28. The van der Waals surface area contributed by atoms with Crippen molar-refractivity contribution in [3.05, 3.63) is 28.8 Å². The number of benzene rings is 1. The van der Waals surface area contributed by atoms with Gasteiger partial charge in [0, 0.05) is 30.4 Å². The third-order valence-electron chi connectivity index (χ3n) is 6.08. The van der Waals surface area contributed by atoms with Gasteiger partial charge in [0.1, 0.15) is 0 Å². The smallest absolute Gasteiger partial charge is 0.164 e. The fourth-order valence-corrected chi connectivity index (χ4v) is 4.27. The topological polar surface area (TPSA) is 27.3 Å². The summed E-state index contributed by atoms with van der Waals surface area (Å²) in [5, 5.41) is 6.98. The Morgan fingerprint density at radius 1 is 1.08 bits per heavy atom. The molecule has 26 heavy (non-hydrogen) atoms. The van der Waals surface area contributed by atoms with E-state index in [-0.39, 0.29) is 6.17 Å². The zero-order chi connectivity index (χ0) is 18.8. The lowest BCUT2D eigenvalue weighted by Crippen LogP contribution is -2.53. The average molecular weight is 366 g/mol. The second-order valence-electron chi connectivity index (χ2n) is 8.45. The molecule has 0 bridgehead atoms. The van der Waals surface area contributed by atoms with Crippen molar-refractivity contribution >= 4 is 5.69 Å². The maximum atomic E-state index is 14.9. The van der Waals surface area contributed by atoms with Crippen molar-refractivity contribution in [1.29, 1.82) is 0 Å². The molecule has 3 rings (SSSR count). The summed E-state index contributed by atoms with van der Waals surface area (Å²) >= 11 is 0. The summed E-state index contributed by atoms with van der Waals surface area (Å²) in [4.78, 5) is 2.21. The van der Waals surface area contributed by atoms with Crippen LogP contribution in [0.4, 0.5) is 14.5 Å². The number of anilines is 1. The van der Waals surface area contributed by atoms with Crippen molar-refractivity contribution in [2.24, 2.45) is 11.8 Å². The van der Waals surface area contributed by atoms with Crippen molar-refractivity contribution in [2.75, 3.05) is 24.5 Å². The van der Waals surface area contributed by atoms with E-state index in [4.69, 9.17) is 0 Å². The van der Waals surface area contributed by atoms with E-state index in [1.807, 2.05) is 6.07 Å². The van der Waals surface area contributed by atoms with Gasteiger partial charge < -0.3 is 10.2 Å². The van der Waals surface area contributed by atoms with Crippen LogP contribution < -0.4 is 15.5 Å². The molecule has 1 aromatic carbocycles. The van der Waals surface area contributed by atoms with Crippen LogP contribution in [0.1, 0.15) is 51.2 Å². The largest absolute Gasteiger partial charge is 0.356 e. The van der Waals surface area contributed by atoms with Crippen molar-refractivity contribution in [3.63, 3.8) is 0 Å². The summed E-state index contributed by atoms with van der Waals surface area (Å²) in [6, 6.07) is 2.41. The molecule has 0 spiro atoms. The van der Waals surface area contributed by atoms with Crippen LogP contribution >= 0.6 is 0 Å². The lowest BCUT2D eigenvalue weighted by molar-refractivity contribution is 0.308. The minimum atomic E-state index is -0.690. The second kappa shape index (κ2) is 8.22. The summed E-state index contributed by atoms with van der Waals surface area (Å²) in [6.45, 7) is 11.0. The molecule has 0 aromatic heterocycles. The van der Waals surface area contributed by atoms with E-state index in [1.165, 1.54) is 0 Å². The quantitative estimate of drug-likeness (QED) is 0.845. The van der Waals surface area contributed by atoms with Gasteiger partial charge in [0.2, 0.25) is 0 Å². The van der Waals surface area contributed by atoms with Crippen LogP contribution in [0.3, 0.4) is 0 Å². The first-order valence-corrected chi connectivity index (χ1v) is 10.1. The lowest BCUT2D eigenvalue weighted by atomic mass is 9.89. The average Bonchev–Trinajstić information content (AvgIpc) is 2.62. The van der Waals surface area contributed by atoms with Crippen molar-refractivity contribution < 1.29 is 8.78 Å². The van der Waals surface area contributed by atoms with Crippen LogP contribution in [0.2, 0.25) is 0 Å². The Morgan fingerprint density at radius 3 is 2.54 bits per heavy atom. The number of hydrogen-bond donors (Lipinski definition) is 2. The summed E-state index contributed by atoms with van der Waals surface area (Å²) in [5.41, 5.74) is 1.80. The highest BCUT2D eigenvalue weighted by molar-refractivity contribution is 5.57. The van der Waals surface area contributed by atoms with Gasteiger partial charge in [0.15, 0.2) is 11.6 Å². The normalized spacial score (nSPS) is 29.8. The SMILES string of the molecule is Cc1cc(N2CC(C)CNC2C)c(CCC2CCC(C)NC2)c(F)c1F. The zero-order valence-corrected chi connectivity index (χ0v) is 16.5. The summed E-state index contributed by atoms with van der Waals surface area (Å²) in [5.74, 6) is -0.317. The van der Waals surface area contributed by atoms with Crippen LogP contribution in [-0.4, -0.2) is 31.8 Å². The molecular weight excluding hydrogens is 332 g/mol. The number of hydrogen-bond acceptors (Lipinski definition) is 3. The summed E-state index contributed by atoms with van der Waals surface area (Å²) in [6.07, 6.45) is 3.95. The third-order valence-corrected chi connectivity index (χ3v) is 6.08. The van der Waals surface area contributed by atoms with Gasteiger partial charge in [-0.15, -0.1) is 0 Å². The molecule has 2 saturated heterocycles. The molecule has 0 radical (unpaired) electrons. The van der Waals surface area contributed by atoms with E-state index in [0.29, 0.717) is 35.4 Å². The molecule has 4 atom stereocenters. The highest BCUT2D eigenvalue weighted by atomic mass is 19.2. The van der Waals surface area contributed by atoms with Crippen LogP contribution in [0.25, 0.3) is 0 Å². The first-order chi connectivity index (χ1) is 12.4. The van der Waals surface area contributed by atoms with Crippen molar-refractivity contribution in [3.8, 4) is 0 Å². The number of nitrogens with one attached hydrogen (secondary N) is 2. The summed E-state index contributed by atoms with van der Waals surface area (Å²) < 4.78 is 29.2. The maximum Gasteiger partial charge on any atom is 0.164 e. The van der Waals surface area contributed by atoms with Gasteiger partial charge in [-0.05, 0) is 76.5 Å². The molecule has 3 nitrogen and oxygen atoms in total. The van der Waals surface area contributed by atoms with E-state index < -0.39 is 11.6 Å². The van der Waals surface area contributed by atoms with Gasteiger partial charge in [0.25, 0.3) is 0 Å². The van der Waals surface area contributed by atoms with Crippen LogP contribution in [-0.2, 0) is 6.42 Å². The molecule has 5 heteroatoms. The zero-order valence-electron chi connectivity index (χ0n) is 16.5. The molecule has 4 unspecified atom stereocenters. The highest BCUT2D eigenvalue weighted by Crippen LogP contribution is 2.33. The van der Waals surface area contributed by atoms with Crippen molar-refractivity contribution in [2.45, 2.75) is 65.6 Å². The number of nitrogens with zero attached hydrogens (tertiary/aromatic N) is 1. The Morgan fingerprint density at radius 2 is 1.85 bits per heavy atom. The Hall–Kier alpha value is -1.20. The van der Waals surface area contributed by atoms with Crippen LogP contribution in [0, 0.1) is 30.4 Å². The van der Waals surface area contributed by atoms with E-state index in [1.54, 1.807) is 6.92 Å². The van der Waals surface area contributed by atoms with E-state index >= 15 is 0 Å². The fourth-order valence-electron chi connectivity index (χ4n) is 4.27. The molecule has 146 valence electrons. The van der Waals surface area contributed by atoms with Gasteiger partial charge in [0.05, 0.1) is 6.17 Å². The molecule has 2 N–H and O–H groups in total. The van der Waals surface area contributed by atoms with Gasteiger partial charge >= 0.3 is 0 Å². The van der Waals surface area contributed by atoms with Gasteiger partial charge in [-0.3, -0.25) is 5.32 Å². The minimum Gasteiger partial charge on any atom is -0.356 e. The van der Waals surface area contributed by atoms with Gasteiger partial charge in [-0.25, -0.2) is 8.78 Å². The second-order valence-corrected chi connectivity index (χ2v) is 8.45. The number of aryl methyl sites for hydroxylation is 1. The maximum absolute atomic E-state index is 14.9. The van der Waals surface area contributed by atoms with Gasteiger partial charge in [-0.1, -0.05) is 6.92 Å². The molecule has 2 aliphatic heterocycles. The number of piperidine rings is 1. The first kappa shape index (κ1) is 19.6. The van der Waals surface area contributed by atoms with Crippen LogP contribution in [0.15, 0.2) is 6.07 Å². The lowest BCUT2D eigenvalue weighted by Gasteiger charge is -2.40. The van der Waals surface area contributed by atoms with Crippen molar-refractivity contribution in [1.82, 2.24) is 10.6 Å². The molecule has 1 aromatic rings. The monoisotopic (exact) mass is 365 g/mol. The fraction of sp³-hybridized carbons (Fsp3) is 0.714.